The van der Waals surface area contributed by atoms with Gasteiger partial charge in [-0.3, -0.25) is 4.79 Å². The summed E-state index contributed by atoms with van der Waals surface area (Å²) in [7, 11) is 0. The van der Waals surface area contributed by atoms with Crippen LogP contribution in [0.5, 0.6) is 0 Å². The maximum Gasteiger partial charge on any atom is 0.237 e. The smallest absolute Gasteiger partial charge is 0.237 e. The number of nitrogens with two attached hydrogens (primary N) is 1. The standard InChI is InChI=1S/C10H20N2O/c1-6(2)4-8(11)10(13)12-9-5-7(9)3/h6-9H,4-5,11H2,1-3H3,(H,12,13). The van der Waals surface area contributed by atoms with Gasteiger partial charge in [0.1, 0.15) is 0 Å². The fourth-order valence-corrected chi connectivity index (χ4v) is 1.43. The summed E-state index contributed by atoms with van der Waals surface area (Å²) in [6.45, 7) is 6.29. The summed E-state index contributed by atoms with van der Waals surface area (Å²) in [5.74, 6) is 1.15. The van der Waals surface area contributed by atoms with Crippen LogP contribution in [-0.2, 0) is 4.79 Å². The van der Waals surface area contributed by atoms with Crippen molar-refractivity contribution in [1.82, 2.24) is 5.32 Å². The summed E-state index contributed by atoms with van der Waals surface area (Å²) in [6.07, 6.45) is 1.88. The fourth-order valence-electron chi connectivity index (χ4n) is 1.43. The average Bonchev–Trinajstić information content (AvgIpc) is 2.64. The zero-order valence-corrected chi connectivity index (χ0v) is 8.71. The Kier molecular flexibility index (Phi) is 3.31. The van der Waals surface area contributed by atoms with Gasteiger partial charge in [-0.1, -0.05) is 20.8 Å². The zero-order chi connectivity index (χ0) is 10.0. The lowest BCUT2D eigenvalue weighted by atomic mass is 10.0. The van der Waals surface area contributed by atoms with E-state index in [9.17, 15) is 4.79 Å². The molecule has 1 saturated carbocycles. The molecule has 0 aliphatic heterocycles. The van der Waals surface area contributed by atoms with E-state index in [-0.39, 0.29) is 11.9 Å². The van der Waals surface area contributed by atoms with Crippen molar-refractivity contribution in [2.24, 2.45) is 17.6 Å². The van der Waals surface area contributed by atoms with E-state index < -0.39 is 0 Å². The van der Waals surface area contributed by atoms with E-state index in [0.29, 0.717) is 17.9 Å². The van der Waals surface area contributed by atoms with Gasteiger partial charge >= 0.3 is 0 Å². The second-order valence-electron chi connectivity index (χ2n) is 4.56. The van der Waals surface area contributed by atoms with E-state index in [1.807, 2.05) is 0 Å². The van der Waals surface area contributed by atoms with E-state index in [1.165, 1.54) is 0 Å². The molecule has 1 fully saturated rings. The van der Waals surface area contributed by atoms with Crippen molar-refractivity contribution in [3.63, 3.8) is 0 Å². The van der Waals surface area contributed by atoms with Crippen molar-refractivity contribution in [2.75, 3.05) is 0 Å². The first-order valence-electron chi connectivity index (χ1n) is 5.06. The van der Waals surface area contributed by atoms with Gasteiger partial charge in [-0.15, -0.1) is 0 Å². The van der Waals surface area contributed by atoms with Gasteiger partial charge in [-0.25, -0.2) is 0 Å². The van der Waals surface area contributed by atoms with Crippen molar-refractivity contribution in [2.45, 2.75) is 45.7 Å². The first-order valence-corrected chi connectivity index (χ1v) is 5.06. The van der Waals surface area contributed by atoms with Gasteiger partial charge in [0.15, 0.2) is 0 Å². The van der Waals surface area contributed by atoms with Crippen LogP contribution in [0.1, 0.15) is 33.6 Å². The molecule has 1 aliphatic rings. The Labute approximate surface area is 80.1 Å². The molecule has 1 amide bonds. The maximum atomic E-state index is 11.4. The molecule has 1 rings (SSSR count). The summed E-state index contributed by atoms with van der Waals surface area (Å²) >= 11 is 0. The summed E-state index contributed by atoms with van der Waals surface area (Å²) in [5, 5.41) is 2.94. The van der Waals surface area contributed by atoms with Crippen LogP contribution in [0.2, 0.25) is 0 Å². The van der Waals surface area contributed by atoms with Gasteiger partial charge in [0.2, 0.25) is 5.91 Å². The highest BCUT2D eigenvalue weighted by Crippen LogP contribution is 2.28. The molecule has 3 N–H and O–H groups in total. The third-order valence-electron chi connectivity index (χ3n) is 2.50. The molecule has 0 bridgehead atoms. The van der Waals surface area contributed by atoms with Crippen molar-refractivity contribution in [3.05, 3.63) is 0 Å². The summed E-state index contributed by atoms with van der Waals surface area (Å²) < 4.78 is 0. The van der Waals surface area contributed by atoms with Gasteiger partial charge in [0.05, 0.1) is 6.04 Å². The van der Waals surface area contributed by atoms with Crippen LogP contribution in [0.4, 0.5) is 0 Å². The largest absolute Gasteiger partial charge is 0.352 e. The van der Waals surface area contributed by atoms with Crippen LogP contribution >= 0.6 is 0 Å². The summed E-state index contributed by atoms with van der Waals surface area (Å²) in [6, 6.07) is 0.0681. The number of amides is 1. The molecule has 0 aromatic rings. The summed E-state index contributed by atoms with van der Waals surface area (Å²) in [5.41, 5.74) is 5.73. The minimum atomic E-state index is -0.326. The number of nitrogens with one attached hydrogen (secondary N) is 1. The molecule has 0 aromatic carbocycles. The maximum absolute atomic E-state index is 11.4. The average molecular weight is 184 g/mol. The number of carbonyl (C=O) groups is 1. The molecular formula is C10H20N2O. The molecule has 0 radical (unpaired) electrons. The van der Waals surface area contributed by atoms with Gasteiger partial charge in [0.25, 0.3) is 0 Å². The van der Waals surface area contributed by atoms with Gasteiger partial charge in [-0.05, 0) is 24.7 Å². The fraction of sp³-hybridized carbons (Fsp3) is 0.900. The van der Waals surface area contributed by atoms with E-state index >= 15 is 0 Å². The zero-order valence-electron chi connectivity index (χ0n) is 8.71. The third kappa shape index (κ3) is 3.35. The molecule has 0 saturated heterocycles. The Morgan fingerprint density at radius 2 is 2.15 bits per heavy atom. The van der Waals surface area contributed by atoms with Gasteiger partial charge in [0, 0.05) is 6.04 Å². The highest BCUT2D eigenvalue weighted by Gasteiger charge is 2.34. The predicted octanol–water partition coefficient (Wildman–Crippen LogP) is 0.884. The number of hydrogen-bond donors (Lipinski definition) is 2. The van der Waals surface area contributed by atoms with Crippen LogP contribution in [0, 0.1) is 11.8 Å². The molecule has 0 aromatic heterocycles. The number of hydrogen-bond acceptors (Lipinski definition) is 2. The van der Waals surface area contributed by atoms with Crippen molar-refractivity contribution >= 4 is 5.91 Å². The van der Waals surface area contributed by atoms with Gasteiger partial charge in [-0.2, -0.15) is 0 Å². The Hall–Kier alpha value is -0.570. The Balaban J connectivity index is 2.22. The highest BCUT2D eigenvalue weighted by atomic mass is 16.2. The lowest BCUT2D eigenvalue weighted by Crippen LogP contribution is -2.42. The van der Waals surface area contributed by atoms with Crippen LogP contribution < -0.4 is 11.1 Å². The summed E-state index contributed by atoms with van der Waals surface area (Å²) in [4.78, 5) is 11.4. The molecule has 3 heteroatoms. The van der Waals surface area contributed by atoms with E-state index in [0.717, 1.165) is 12.8 Å². The monoisotopic (exact) mass is 184 g/mol. The molecule has 76 valence electrons. The second kappa shape index (κ2) is 4.09. The number of carbonyl (C=O) groups excluding carboxylic acids is 1. The lowest BCUT2D eigenvalue weighted by Gasteiger charge is -2.13. The quantitative estimate of drug-likeness (QED) is 0.681. The van der Waals surface area contributed by atoms with Crippen LogP contribution in [-0.4, -0.2) is 18.0 Å². The predicted molar refractivity (Wildman–Crippen MR) is 53.1 cm³/mol. The Morgan fingerprint density at radius 3 is 2.54 bits per heavy atom. The highest BCUT2D eigenvalue weighted by molar-refractivity contribution is 5.82. The van der Waals surface area contributed by atoms with Crippen molar-refractivity contribution < 1.29 is 4.79 Å². The molecule has 3 nitrogen and oxygen atoms in total. The van der Waals surface area contributed by atoms with Crippen LogP contribution in [0.15, 0.2) is 0 Å². The number of rotatable bonds is 4. The molecule has 1 aliphatic carbocycles. The Bertz CT molecular complexity index is 191. The lowest BCUT2D eigenvalue weighted by molar-refractivity contribution is -0.122. The molecule has 0 spiro atoms. The topological polar surface area (TPSA) is 55.1 Å². The van der Waals surface area contributed by atoms with E-state index in [4.69, 9.17) is 5.73 Å². The minimum absolute atomic E-state index is 0.0167. The molecular weight excluding hydrogens is 164 g/mol. The van der Waals surface area contributed by atoms with E-state index in [1.54, 1.807) is 0 Å². The molecule has 13 heavy (non-hydrogen) atoms. The Morgan fingerprint density at radius 1 is 1.62 bits per heavy atom. The SMILES string of the molecule is CC(C)CC(N)C(=O)NC1CC1C. The first-order chi connectivity index (χ1) is 6.00. The van der Waals surface area contributed by atoms with E-state index in [2.05, 4.69) is 26.1 Å². The van der Waals surface area contributed by atoms with Crippen LogP contribution in [0.3, 0.4) is 0 Å². The van der Waals surface area contributed by atoms with Crippen molar-refractivity contribution in [3.8, 4) is 0 Å². The molecule has 0 heterocycles. The molecule has 3 unspecified atom stereocenters. The molecule has 3 atom stereocenters. The normalized spacial score (nSPS) is 28.7. The first kappa shape index (κ1) is 10.5. The van der Waals surface area contributed by atoms with Crippen molar-refractivity contribution in [1.29, 1.82) is 0 Å². The van der Waals surface area contributed by atoms with Gasteiger partial charge < -0.3 is 11.1 Å². The second-order valence-corrected chi connectivity index (χ2v) is 4.56. The third-order valence-corrected chi connectivity index (χ3v) is 2.50. The minimum Gasteiger partial charge on any atom is -0.352 e. The van der Waals surface area contributed by atoms with Crippen LogP contribution in [0.25, 0.3) is 0 Å².